The Balaban J connectivity index is 2.33. The molecule has 0 heterocycles. The molecular formula is C16H22BrFN2O4. The second-order valence-electron chi connectivity index (χ2n) is 6.05. The first-order valence-electron chi connectivity index (χ1n) is 7.45. The van der Waals surface area contributed by atoms with Crippen LogP contribution < -0.4 is 15.4 Å². The number of carbonyl (C=O) groups is 2. The molecule has 2 amide bonds. The van der Waals surface area contributed by atoms with Gasteiger partial charge in [-0.1, -0.05) is 0 Å². The van der Waals surface area contributed by atoms with Crippen LogP contribution >= 0.6 is 15.9 Å². The van der Waals surface area contributed by atoms with Crippen molar-refractivity contribution in [3.8, 4) is 5.75 Å². The highest BCUT2D eigenvalue weighted by Gasteiger charge is 2.17. The molecule has 0 aliphatic rings. The SMILES string of the molecule is CC(Oc1ccc(F)cc1Br)C(=O)NCCNC(=O)OC(C)(C)C. The van der Waals surface area contributed by atoms with Gasteiger partial charge in [0.15, 0.2) is 6.10 Å². The molecule has 0 saturated carbocycles. The summed E-state index contributed by atoms with van der Waals surface area (Å²) in [4.78, 5) is 23.4. The maximum absolute atomic E-state index is 13.0. The normalized spacial score (nSPS) is 12.2. The Morgan fingerprint density at radius 3 is 2.46 bits per heavy atom. The first-order valence-corrected chi connectivity index (χ1v) is 8.24. The number of carbonyl (C=O) groups excluding carboxylic acids is 2. The van der Waals surface area contributed by atoms with Gasteiger partial charge in [-0.25, -0.2) is 9.18 Å². The van der Waals surface area contributed by atoms with Crippen molar-refractivity contribution in [1.29, 1.82) is 0 Å². The third kappa shape index (κ3) is 7.63. The van der Waals surface area contributed by atoms with Crippen LogP contribution in [0, 0.1) is 5.82 Å². The van der Waals surface area contributed by atoms with Gasteiger partial charge >= 0.3 is 6.09 Å². The molecule has 0 aliphatic carbocycles. The van der Waals surface area contributed by atoms with E-state index in [1.165, 1.54) is 18.2 Å². The Hall–Kier alpha value is -1.83. The van der Waals surface area contributed by atoms with Gasteiger partial charge in [-0.2, -0.15) is 0 Å². The Morgan fingerprint density at radius 1 is 1.25 bits per heavy atom. The van der Waals surface area contributed by atoms with Gasteiger partial charge in [0.1, 0.15) is 17.2 Å². The molecule has 0 spiro atoms. The number of ether oxygens (including phenoxy) is 2. The molecule has 0 radical (unpaired) electrons. The lowest BCUT2D eigenvalue weighted by molar-refractivity contribution is -0.127. The van der Waals surface area contributed by atoms with E-state index in [-0.39, 0.29) is 19.0 Å². The van der Waals surface area contributed by atoms with Crippen molar-refractivity contribution in [2.45, 2.75) is 39.4 Å². The molecular weight excluding hydrogens is 383 g/mol. The molecule has 0 saturated heterocycles. The van der Waals surface area contributed by atoms with E-state index in [0.717, 1.165) is 0 Å². The van der Waals surface area contributed by atoms with E-state index in [2.05, 4.69) is 26.6 Å². The second kappa shape index (κ2) is 8.86. The number of hydrogen-bond donors (Lipinski definition) is 2. The number of hydrogen-bond acceptors (Lipinski definition) is 4. The number of benzene rings is 1. The number of nitrogens with one attached hydrogen (secondary N) is 2. The Morgan fingerprint density at radius 2 is 1.88 bits per heavy atom. The van der Waals surface area contributed by atoms with Crippen LogP contribution in [0.3, 0.4) is 0 Å². The van der Waals surface area contributed by atoms with Crippen LogP contribution in [-0.2, 0) is 9.53 Å². The highest BCUT2D eigenvalue weighted by Crippen LogP contribution is 2.26. The Labute approximate surface area is 149 Å². The van der Waals surface area contributed by atoms with Crippen LogP contribution in [0.15, 0.2) is 22.7 Å². The molecule has 134 valence electrons. The van der Waals surface area contributed by atoms with Crippen molar-refractivity contribution in [3.63, 3.8) is 0 Å². The van der Waals surface area contributed by atoms with Crippen molar-refractivity contribution in [3.05, 3.63) is 28.5 Å². The van der Waals surface area contributed by atoms with Gasteiger partial charge in [0, 0.05) is 13.1 Å². The molecule has 6 nitrogen and oxygen atoms in total. The predicted molar refractivity (Wildman–Crippen MR) is 91.4 cm³/mol. The summed E-state index contributed by atoms with van der Waals surface area (Å²) >= 11 is 3.17. The van der Waals surface area contributed by atoms with Crippen LogP contribution in [-0.4, -0.2) is 36.8 Å². The van der Waals surface area contributed by atoms with Crippen molar-refractivity contribution < 1.29 is 23.5 Å². The summed E-state index contributed by atoms with van der Waals surface area (Å²) in [6, 6.07) is 3.94. The fourth-order valence-electron chi connectivity index (χ4n) is 1.62. The Kier molecular flexibility index (Phi) is 7.47. The third-order valence-electron chi connectivity index (χ3n) is 2.66. The van der Waals surface area contributed by atoms with Gasteiger partial charge in [-0.3, -0.25) is 4.79 Å². The van der Waals surface area contributed by atoms with Gasteiger partial charge in [-0.05, 0) is 61.8 Å². The lowest BCUT2D eigenvalue weighted by atomic mass is 10.2. The molecule has 1 aromatic carbocycles. The number of halogens is 2. The van der Waals surface area contributed by atoms with E-state index in [1.807, 2.05) is 0 Å². The molecule has 1 rings (SSSR count). The minimum absolute atomic E-state index is 0.230. The van der Waals surface area contributed by atoms with E-state index in [9.17, 15) is 14.0 Å². The summed E-state index contributed by atoms with van der Waals surface area (Å²) in [5.74, 6) is -0.386. The van der Waals surface area contributed by atoms with E-state index >= 15 is 0 Å². The lowest BCUT2D eigenvalue weighted by Crippen LogP contribution is -2.41. The average Bonchev–Trinajstić information content (AvgIpc) is 2.44. The maximum Gasteiger partial charge on any atom is 0.407 e. The average molecular weight is 405 g/mol. The molecule has 1 aromatic rings. The molecule has 24 heavy (non-hydrogen) atoms. The number of rotatable bonds is 6. The standard InChI is InChI=1S/C16H22BrFN2O4/c1-10(23-13-6-5-11(18)9-12(13)17)14(21)19-7-8-20-15(22)24-16(2,3)4/h5-6,9-10H,7-8H2,1-4H3,(H,19,21)(H,20,22). The van der Waals surface area contributed by atoms with Crippen LogP contribution in [0.1, 0.15) is 27.7 Å². The van der Waals surface area contributed by atoms with Crippen LogP contribution in [0.25, 0.3) is 0 Å². The third-order valence-corrected chi connectivity index (χ3v) is 3.28. The number of alkyl carbamates (subject to hydrolysis) is 1. The minimum atomic E-state index is -0.770. The molecule has 1 unspecified atom stereocenters. The van der Waals surface area contributed by atoms with Crippen LogP contribution in [0.4, 0.5) is 9.18 Å². The van der Waals surface area contributed by atoms with Gasteiger partial charge in [0.05, 0.1) is 4.47 Å². The van der Waals surface area contributed by atoms with Gasteiger partial charge in [0.2, 0.25) is 0 Å². The molecule has 1 atom stereocenters. The zero-order chi connectivity index (χ0) is 18.3. The van der Waals surface area contributed by atoms with Crippen molar-refractivity contribution >= 4 is 27.9 Å². The van der Waals surface area contributed by atoms with Crippen molar-refractivity contribution in [2.75, 3.05) is 13.1 Å². The monoisotopic (exact) mass is 404 g/mol. The number of amides is 2. The Bertz CT molecular complexity index is 590. The molecule has 0 bridgehead atoms. The molecule has 8 heteroatoms. The van der Waals surface area contributed by atoms with Crippen LogP contribution in [0.5, 0.6) is 5.75 Å². The summed E-state index contributed by atoms with van der Waals surface area (Å²) in [6.45, 7) is 7.33. The highest BCUT2D eigenvalue weighted by atomic mass is 79.9. The van der Waals surface area contributed by atoms with E-state index in [1.54, 1.807) is 27.7 Å². The molecule has 0 aromatic heterocycles. The van der Waals surface area contributed by atoms with Crippen LogP contribution in [0.2, 0.25) is 0 Å². The fraction of sp³-hybridized carbons (Fsp3) is 0.500. The predicted octanol–water partition coefficient (Wildman–Crippen LogP) is 3.00. The molecule has 0 aliphatic heterocycles. The topological polar surface area (TPSA) is 76.7 Å². The summed E-state index contributed by atoms with van der Waals surface area (Å²) in [6.07, 6.45) is -1.32. The van der Waals surface area contributed by atoms with E-state index < -0.39 is 23.6 Å². The first kappa shape index (κ1) is 20.2. The maximum atomic E-state index is 13.0. The highest BCUT2D eigenvalue weighted by molar-refractivity contribution is 9.10. The quantitative estimate of drug-likeness (QED) is 0.714. The summed E-state index contributed by atoms with van der Waals surface area (Å²) < 4.78 is 24.0. The van der Waals surface area contributed by atoms with Crippen molar-refractivity contribution in [2.24, 2.45) is 0 Å². The van der Waals surface area contributed by atoms with Gasteiger partial charge in [0.25, 0.3) is 5.91 Å². The zero-order valence-electron chi connectivity index (χ0n) is 14.1. The molecule has 2 N–H and O–H groups in total. The van der Waals surface area contributed by atoms with E-state index in [4.69, 9.17) is 9.47 Å². The second-order valence-corrected chi connectivity index (χ2v) is 6.91. The van der Waals surface area contributed by atoms with Gasteiger partial charge in [-0.15, -0.1) is 0 Å². The molecule has 0 fully saturated rings. The summed E-state index contributed by atoms with van der Waals surface area (Å²) in [7, 11) is 0. The van der Waals surface area contributed by atoms with Gasteiger partial charge < -0.3 is 20.1 Å². The first-order chi connectivity index (χ1) is 11.1. The fourth-order valence-corrected chi connectivity index (χ4v) is 2.07. The largest absolute Gasteiger partial charge is 0.480 e. The van der Waals surface area contributed by atoms with E-state index in [0.29, 0.717) is 10.2 Å². The smallest absolute Gasteiger partial charge is 0.407 e. The zero-order valence-corrected chi connectivity index (χ0v) is 15.7. The van der Waals surface area contributed by atoms with Crippen molar-refractivity contribution in [1.82, 2.24) is 10.6 Å². The minimum Gasteiger partial charge on any atom is -0.480 e. The summed E-state index contributed by atoms with van der Waals surface area (Å²) in [5, 5.41) is 5.16. The summed E-state index contributed by atoms with van der Waals surface area (Å²) in [5.41, 5.74) is -0.571. The lowest BCUT2D eigenvalue weighted by Gasteiger charge is -2.20.